The first kappa shape index (κ1) is 20.9. The zero-order chi connectivity index (χ0) is 21.3. The van der Waals surface area contributed by atoms with Gasteiger partial charge in [0.05, 0.1) is 11.2 Å². The van der Waals surface area contributed by atoms with E-state index in [1.165, 1.54) is 31.7 Å². The number of alkyl halides is 1. The summed E-state index contributed by atoms with van der Waals surface area (Å²) in [6.45, 7) is 3.72. The Morgan fingerprint density at radius 1 is 1.31 bits per heavy atom. The predicted molar refractivity (Wildman–Crippen MR) is 101 cm³/mol. The highest BCUT2D eigenvalue weighted by atomic mass is 79.9. The van der Waals surface area contributed by atoms with E-state index in [4.69, 9.17) is 14.2 Å². The van der Waals surface area contributed by atoms with Gasteiger partial charge in [0.25, 0.3) is 5.56 Å². The number of nitrogens with zero attached hydrogens (tertiary/aromatic N) is 3. The molecular weight excluding hydrogens is 454 g/mol. The number of imidazole rings is 1. The van der Waals surface area contributed by atoms with Gasteiger partial charge in [-0.15, -0.1) is 0 Å². The van der Waals surface area contributed by atoms with Crippen molar-refractivity contribution in [3.63, 3.8) is 0 Å². The highest BCUT2D eigenvalue weighted by molar-refractivity contribution is 9.09. The molecule has 2 aromatic rings. The summed E-state index contributed by atoms with van der Waals surface area (Å²) >= 11 is 3.43. The smallest absolute Gasteiger partial charge is 0.303 e. The Hall–Kier alpha value is -2.80. The summed E-state index contributed by atoms with van der Waals surface area (Å²) in [5, 5.41) is 2.40. The van der Waals surface area contributed by atoms with Gasteiger partial charge >= 0.3 is 11.9 Å². The maximum absolute atomic E-state index is 12.3. The van der Waals surface area contributed by atoms with Crippen LogP contribution in [-0.4, -0.2) is 61.0 Å². The molecule has 1 fully saturated rings. The summed E-state index contributed by atoms with van der Waals surface area (Å²) in [6, 6.07) is 0. The third-order valence-corrected chi connectivity index (χ3v) is 5.13. The first-order valence-electron chi connectivity index (χ1n) is 8.52. The Morgan fingerprint density at radius 3 is 2.66 bits per heavy atom. The maximum Gasteiger partial charge on any atom is 0.303 e. The van der Waals surface area contributed by atoms with E-state index in [9.17, 15) is 19.2 Å². The molecule has 1 aliphatic rings. The normalized spacial score (nSPS) is 23.7. The van der Waals surface area contributed by atoms with Gasteiger partial charge in [-0.1, -0.05) is 15.9 Å². The minimum absolute atomic E-state index is 0.0128. The Bertz CT molecular complexity index is 1020. The van der Waals surface area contributed by atoms with Crippen molar-refractivity contribution in [3.05, 3.63) is 16.7 Å². The lowest BCUT2D eigenvalue weighted by atomic mass is 10.2. The summed E-state index contributed by atoms with van der Waals surface area (Å²) in [5.41, 5.74) is -0.433. The van der Waals surface area contributed by atoms with Crippen LogP contribution in [0, 0.1) is 0 Å². The number of esters is 2. The van der Waals surface area contributed by atoms with Crippen molar-refractivity contribution < 1.29 is 28.6 Å². The lowest BCUT2D eigenvalue weighted by Gasteiger charge is -2.21. The van der Waals surface area contributed by atoms with Crippen LogP contribution in [0.3, 0.4) is 0 Å². The number of fused-ring (bicyclic) bond motifs is 1. The van der Waals surface area contributed by atoms with Gasteiger partial charge in [0.15, 0.2) is 23.5 Å². The van der Waals surface area contributed by atoms with Crippen molar-refractivity contribution in [2.75, 3.05) is 11.9 Å². The second kappa shape index (κ2) is 8.29. The largest absolute Gasteiger partial charge is 0.463 e. The maximum atomic E-state index is 12.3. The monoisotopic (exact) mass is 471 g/mol. The standard InChI is InChI=1S/C16H18BrN5O7/c1-6(23)19-16-20-13-11(14(26)21-16)18-5-22(13)15-12(28-8(3)25)10(17)9(29-15)4-27-7(2)24/h5,9-10,12,15H,4H2,1-3H3,(H2,19,20,21,23,26)/t9-,10+,12-,15-/m1/s1. The lowest BCUT2D eigenvalue weighted by molar-refractivity contribution is -0.152. The quantitative estimate of drug-likeness (QED) is 0.460. The SMILES string of the molecule is CC(=O)Nc1nc2c(ncn2[C@@H]2O[C@H](COC(C)=O)[C@H](Br)[C@H]2OC(C)=O)c(=O)[nH]1. The van der Waals surface area contributed by atoms with Gasteiger partial charge < -0.3 is 14.2 Å². The molecule has 1 amide bonds. The number of anilines is 1. The third-order valence-electron chi connectivity index (χ3n) is 4.02. The van der Waals surface area contributed by atoms with E-state index < -0.39 is 46.7 Å². The number of halogens is 1. The van der Waals surface area contributed by atoms with Crippen LogP contribution in [0.15, 0.2) is 11.1 Å². The number of ether oxygens (including phenoxy) is 3. The first-order valence-corrected chi connectivity index (χ1v) is 9.43. The minimum atomic E-state index is -0.909. The molecule has 0 aliphatic carbocycles. The van der Waals surface area contributed by atoms with E-state index in [1.807, 2.05) is 0 Å². The van der Waals surface area contributed by atoms with Crippen LogP contribution < -0.4 is 10.9 Å². The molecule has 4 atom stereocenters. The average molecular weight is 472 g/mol. The molecule has 12 nitrogen and oxygen atoms in total. The van der Waals surface area contributed by atoms with Crippen LogP contribution in [0.4, 0.5) is 5.95 Å². The third kappa shape index (κ3) is 4.45. The van der Waals surface area contributed by atoms with E-state index >= 15 is 0 Å². The molecule has 13 heteroatoms. The number of aromatic nitrogens is 4. The second-order valence-corrected chi connectivity index (χ2v) is 7.36. The molecule has 0 saturated carbocycles. The van der Waals surface area contributed by atoms with Crippen LogP contribution in [-0.2, 0) is 28.6 Å². The lowest BCUT2D eigenvalue weighted by Crippen LogP contribution is -2.33. The second-order valence-electron chi connectivity index (χ2n) is 6.31. The van der Waals surface area contributed by atoms with Gasteiger partial charge in [0.1, 0.15) is 12.7 Å². The Balaban J connectivity index is 2.01. The van der Waals surface area contributed by atoms with Crippen molar-refractivity contribution in [3.8, 4) is 0 Å². The van der Waals surface area contributed by atoms with E-state index in [0.717, 1.165) is 0 Å². The fourth-order valence-corrected chi connectivity index (χ4v) is 3.55. The van der Waals surface area contributed by atoms with Gasteiger partial charge in [0.2, 0.25) is 11.9 Å². The van der Waals surface area contributed by atoms with Gasteiger partial charge in [0, 0.05) is 20.8 Å². The number of carbonyl (C=O) groups is 3. The Labute approximate surface area is 172 Å². The molecule has 0 aromatic carbocycles. The summed E-state index contributed by atoms with van der Waals surface area (Å²) < 4.78 is 17.7. The van der Waals surface area contributed by atoms with Crippen molar-refractivity contribution in [2.45, 2.75) is 44.0 Å². The first-order chi connectivity index (χ1) is 13.7. The fraction of sp³-hybridized carbons (Fsp3) is 0.500. The molecule has 1 aliphatic heterocycles. The molecule has 29 heavy (non-hydrogen) atoms. The summed E-state index contributed by atoms with van der Waals surface area (Å²) in [4.78, 5) is 56.5. The molecule has 0 unspecified atom stereocenters. The molecule has 3 heterocycles. The molecule has 0 radical (unpaired) electrons. The van der Waals surface area contributed by atoms with Crippen molar-refractivity contribution in [2.24, 2.45) is 0 Å². The summed E-state index contributed by atoms with van der Waals surface area (Å²) in [7, 11) is 0. The van der Waals surface area contributed by atoms with E-state index in [-0.39, 0.29) is 23.7 Å². The number of hydrogen-bond acceptors (Lipinski definition) is 9. The number of amides is 1. The Kier molecular flexibility index (Phi) is 5.98. The number of nitrogens with one attached hydrogen (secondary N) is 2. The van der Waals surface area contributed by atoms with E-state index in [2.05, 4.69) is 36.2 Å². The molecule has 2 N–H and O–H groups in total. The molecule has 156 valence electrons. The number of H-pyrrole nitrogens is 1. The molecule has 0 spiro atoms. The zero-order valence-corrected chi connectivity index (χ0v) is 17.3. The van der Waals surface area contributed by atoms with Crippen LogP contribution in [0.5, 0.6) is 0 Å². The molecule has 3 rings (SSSR count). The van der Waals surface area contributed by atoms with Crippen LogP contribution in [0.2, 0.25) is 0 Å². The molecule has 0 bridgehead atoms. The Morgan fingerprint density at radius 2 is 2.03 bits per heavy atom. The van der Waals surface area contributed by atoms with Crippen LogP contribution >= 0.6 is 15.9 Å². The van der Waals surface area contributed by atoms with Gasteiger partial charge in [-0.2, -0.15) is 4.98 Å². The number of hydrogen-bond donors (Lipinski definition) is 2. The zero-order valence-electron chi connectivity index (χ0n) is 15.7. The highest BCUT2D eigenvalue weighted by Gasteiger charge is 2.47. The molecular formula is C16H18BrN5O7. The molecule has 1 saturated heterocycles. The van der Waals surface area contributed by atoms with Crippen molar-refractivity contribution in [1.29, 1.82) is 0 Å². The topological polar surface area (TPSA) is 154 Å². The van der Waals surface area contributed by atoms with Gasteiger partial charge in [-0.3, -0.25) is 34.0 Å². The van der Waals surface area contributed by atoms with Crippen molar-refractivity contribution in [1.82, 2.24) is 19.5 Å². The van der Waals surface area contributed by atoms with Crippen molar-refractivity contribution >= 4 is 50.9 Å². The number of rotatable bonds is 5. The predicted octanol–water partition coefficient (Wildman–Crippen LogP) is 0.234. The van der Waals surface area contributed by atoms with Gasteiger partial charge in [-0.25, -0.2) is 4.98 Å². The highest BCUT2D eigenvalue weighted by Crippen LogP contribution is 2.37. The summed E-state index contributed by atoms with van der Waals surface area (Å²) in [5.74, 6) is -1.52. The van der Waals surface area contributed by atoms with Crippen LogP contribution in [0.25, 0.3) is 11.2 Å². The minimum Gasteiger partial charge on any atom is -0.463 e. The summed E-state index contributed by atoms with van der Waals surface area (Å²) in [6.07, 6.45) is -1.05. The number of carbonyl (C=O) groups excluding carboxylic acids is 3. The fourth-order valence-electron chi connectivity index (χ4n) is 2.91. The number of aromatic amines is 1. The average Bonchev–Trinajstić information content (AvgIpc) is 3.15. The van der Waals surface area contributed by atoms with Gasteiger partial charge in [-0.05, 0) is 0 Å². The van der Waals surface area contributed by atoms with E-state index in [1.54, 1.807) is 0 Å². The van der Waals surface area contributed by atoms with Crippen LogP contribution in [0.1, 0.15) is 27.0 Å². The van der Waals surface area contributed by atoms with E-state index in [0.29, 0.717) is 0 Å². The molecule has 2 aromatic heterocycles.